The number of anilines is 1. The Morgan fingerprint density at radius 3 is 2.19 bits per heavy atom. The van der Waals surface area contributed by atoms with Crippen LogP contribution in [0.5, 0.6) is 0 Å². The third kappa shape index (κ3) is 3.52. The van der Waals surface area contributed by atoms with Gasteiger partial charge in [-0.3, -0.25) is 8.86 Å². The predicted octanol–water partition coefficient (Wildman–Crippen LogP) is 4.40. The lowest BCUT2D eigenvalue weighted by atomic mass is 9.99. The van der Waals surface area contributed by atoms with Crippen molar-refractivity contribution in [3.63, 3.8) is 0 Å². The molecule has 112 valence electrons. The minimum atomic E-state index is -2.08. The smallest absolute Gasteiger partial charge is 0.262 e. The summed E-state index contributed by atoms with van der Waals surface area (Å²) in [6.45, 7) is 7.77. The number of hydrogen-bond acceptors (Lipinski definition) is 1. The lowest BCUT2D eigenvalue weighted by molar-refractivity contribution is 0.515. The van der Waals surface area contributed by atoms with E-state index in [9.17, 15) is 8.76 Å². The van der Waals surface area contributed by atoms with Gasteiger partial charge in [0.2, 0.25) is 0 Å². The quantitative estimate of drug-likeness (QED) is 0.854. The van der Waals surface area contributed by atoms with Crippen molar-refractivity contribution in [3.8, 4) is 11.1 Å². The Kier molecular flexibility index (Phi) is 4.49. The van der Waals surface area contributed by atoms with Crippen LogP contribution in [0.25, 0.3) is 11.1 Å². The summed E-state index contributed by atoms with van der Waals surface area (Å²) in [7, 11) is 0. The molecule has 2 aromatic rings. The van der Waals surface area contributed by atoms with Crippen molar-refractivity contribution in [2.45, 2.75) is 33.2 Å². The molecule has 0 aliphatic carbocycles. The van der Waals surface area contributed by atoms with Gasteiger partial charge in [0.1, 0.15) is 0 Å². The summed E-state index contributed by atoms with van der Waals surface area (Å²) in [5, 5.41) is 0. The first-order valence-corrected chi connectivity index (χ1v) is 7.94. The average molecular weight is 303 g/mol. The number of nitrogens with zero attached hydrogens (tertiary/aromatic N) is 1. The Balaban J connectivity index is 2.67. The van der Waals surface area contributed by atoms with Crippen LogP contribution < -0.4 is 4.31 Å². The van der Waals surface area contributed by atoms with Crippen LogP contribution in [0.2, 0.25) is 0 Å². The minimum absolute atomic E-state index is 0.461. The second-order valence-corrected chi connectivity index (χ2v) is 6.91. The molecule has 0 amide bonds. The van der Waals surface area contributed by atoms with Crippen LogP contribution in [-0.2, 0) is 11.3 Å². The molecular formula is C17H21NO2S. The van der Waals surface area contributed by atoms with Crippen LogP contribution in [-0.4, -0.2) is 14.3 Å². The monoisotopic (exact) mass is 303 g/mol. The highest BCUT2D eigenvalue weighted by atomic mass is 32.2. The molecule has 2 rings (SSSR count). The van der Waals surface area contributed by atoms with E-state index in [4.69, 9.17) is 0 Å². The Morgan fingerprint density at radius 2 is 1.67 bits per heavy atom. The fourth-order valence-electron chi connectivity index (χ4n) is 2.35. The summed E-state index contributed by atoms with van der Waals surface area (Å²) in [6, 6.07) is 15.9. The number of rotatable bonds is 3. The maximum Gasteiger partial charge on any atom is 0.262 e. The summed E-state index contributed by atoms with van der Waals surface area (Å²) in [5.41, 5.74) is 3.36. The number of benzene rings is 2. The van der Waals surface area contributed by atoms with Crippen molar-refractivity contribution in [1.82, 2.24) is 0 Å². The van der Waals surface area contributed by atoms with Crippen LogP contribution >= 0.6 is 0 Å². The van der Waals surface area contributed by atoms with E-state index in [2.05, 4.69) is 0 Å². The van der Waals surface area contributed by atoms with Gasteiger partial charge in [-0.1, -0.05) is 42.5 Å². The molecule has 1 atom stereocenters. The zero-order valence-electron chi connectivity index (χ0n) is 12.8. The fraction of sp³-hybridized carbons (Fsp3) is 0.294. The van der Waals surface area contributed by atoms with Gasteiger partial charge in [0, 0.05) is 11.1 Å². The largest absolute Gasteiger partial charge is 0.289 e. The Morgan fingerprint density at radius 1 is 1.05 bits per heavy atom. The molecule has 0 heterocycles. The van der Waals surface area contributed by atoms with Gasteiger partial charge in [0.15, 0.2) is 0 Å². The first kappa shape index (κ1) is 15.7. The Labute approximate surface area is 129 Å². The first-order chi connectivity index (χ1) is 9.80. The second-order valence-electron chi connectivity index (χ2n) is 6.08. The summed E-state index contributed by atoms with van der Waals surface area (Å²) in [4.78, 5) is 0. The fourth-order valence-corrected chi connectivity index (χ4v) is 3.14. The maximum atomic E-state index is 11.9. The van der Waals surface area contributed by atoms with E-state index >= 15 is 0 Å². The molecular weight excluding hydrogens is 282 g/mol. The molecule has 0 aliphatic heterocycles. The molecule has 0 aliphatic rings. The van der Waals surface area contributed by atoms with E-state index in [0.717, 1.165) is 22.4 Å². The van der Waals surface area contributed by atoms with Gasteiger partial charge in [-0.25, -0.2) is 4.21 Å². The van der Waals surface area contributed by atoms with Gasteiger partial charge in [-0.15, -0.1) is 0 Å². The van der Waals surface area contributed by atoms with Crippen LogP contribution in [0.3, 0.4) is 0 Å². The molecule has 0 fully saturated rings. The molecule has 21 heavy (non-hydrogen) atoms. The Bertz CT molecular complexity index is 648. The number of aryl methyl sites for hydroxylation is 1. The van der Waals surface area contributed by atoms with E-state index in [1.807, 2.05) is 76.2 Å². The Hall–Kier alpha value is -1.65. The molecule has 0 aromatic heterocycles. The lowest BCUT2D eigenvalue weighted by Crippen LogP contribution is -2.42. The summed E-state index contributed by atoms with van der Waals surface area (Å²) < 4.78 is 23.2. The third-order valence-electron chi connectivity index (χ3n) is 3.22. The molecule has 0 spiro atoms. The maximum absolute atomic E-state index is 11.9. The van der Waals surface area contributed by atoms with E-state index in [1.165, 1.54) is 0 Å². The van der Waals surface area contributed by atoms with Crippen molar-refractivity contribution in [1.29, 1.82) is 0 Å². The van der Waals surface area contributed by atoms with Crippen LogP contribution in [0.1, 0.15) is 26.3 Å². The average Bonchev–Trinajstić information content (AvgIpc) is 2.38. The second kappa shape index (κ2) is 6.00. The van der Waals surface area contributed by atoms with Crippen LogP contribution in [0, 0.1) is 6.92 Å². The van der Waals surface area contributed by atoms with Crippen molar-refractivity contribution in [3.05, 3.63) is 54.1 Å². The van der Waals surface area contributed by atoms with Crippen LogP contribution in [0.15, 0.2) is 48.5 Å². The van der Waals surface area contributed by atoms with E-state index < -0.39 is 16.8 Å². The van der Waals surface area contributed by atoms with Crippen molar-refractivity contribution in [2.75, 3.05) is 4.31 Å². The molecule has 2 aromatic carbocycles. The normalized spacial score (nSPS) is 13.0. The predicted molar refractivity (Wildman–Crippen MR) is 89.6 cm³/mol. The highest BCUT2D eigenvalue weighted by molar-refractivity contribution is 7.80. The van der Waals surface area contributed by atoms with Crippen LogP contribution in [0.4, 0.5) is 5.69 Å². The SMILES string of the molecule is Cc1ccc(-c2ccccc2)c(N(S(=O)O)C(C)(C)C)c1. The lowest BCUT2D eigenvalue weighted by Gasteiger charge is -2.35. The molecule has 0 saturated carbocycles. The standard InChI is InChI=1S/C17H21NO2S/c1-13-10-11-15(14-8-6-5-7-9-14)16(12-13)18(21(19)20)17(2,3)4/h5-12H,1-4H3,(H,19,20). The third-order valence-corrected chi connectivity index (χ3v) is 4.28. The molecule has 1 unspecified atom stereocenters. The molecule has 3 nitrogen and oxygen atoms in total. The summed E-state index contributed by atoms with van der Waals surface area (Å²) in [6.07, 6.45) is 0. The molecule has 0 bridgehead atoms. The van der Waals surface area contributed by atoms with E-state index in [0.29, 0.717) is 0 Å². The van der Waals surface area contributed by atoms with E-state index in [-0.39, 0.29) is 0 Å². The summed E-state index contributed by atoms with van der Waals surface area (Å²) >= 11 is -2.08. The van der Waals surface area contributed by atoms with Gasteiger partial charge < -0.3 is 0 Å². The molecule has 0 saturated heterocycles. The van der Waals surface area contributed by atoms with Gasteiger partial charge in [-0.05, 0) is 44.9 Å². The van der Waals surface area contributed by atoms with Crippen molar-refractivity contribution >= 4 is 17.0 Å². The highest BCUT2D eigenvalue weighted by Crippen LogP contribution is 2.36. The molecule has 1 N–H and O–H groups in total. The zero-order chi connectivity index (χ0) is 15.6. The minimum Gasteiger partial charge on any atom is -0.289 e. The van der Waals surface area contributed by atoms with Crippen molar-refractivity contribution in [2.24, 2.45) is 0 Å². The topological polar surface area (TPSA) is 40.5 Å². The first-order valence-electron chi connectivity index (χ1n) is 6.88. The summed E-state index contributed by atoms with van der Waals surface area (Å²) in [5.74, 6) is 0. The molecule has 0 radical (unpaired) electrons. The van der Waals surface area contributed by atoms with Gasteiger partial charge in [0.25, 0.3) is 11.3 Å². The number of hydrogen-bond donors (Lipinski definition) is 1. The van der Waals surface area contributed by atoms with Crippen molar-refractivity contribution < 1.29 is 8.76 Å². The van der Waals surface area contributed by atoms with Gasteiger partial charge in [-0.2, -0.15) is 0 Å². The van der Waals surface area contributed by atoms with E-state index in [1.54, 1.807) is 4.31 Å². The van der Waals surface area contributed by atoms with Gasteiger partial charge in [0.05, 0.1) is 5.69 Å². The van der Waals surface area contributed by atoms with Gasteiger partial charge >= 0.3 is 0 Å². The zero-order valence-corrected chi connectivity index (χ0v) is 13.6. The molecule has 4 heteroatoms. The highest BCUT2D eigenvalue weighted by Gasteiger charge is 2.28.